The minimum absolute atomic E-state index is 0.0446. The maximum atomic E-state index is 12.7. The topological polar surface area (TPSA) is 127 Å². The van der Waals surface area contributed by atoms with Gasteiger partial charge in [0.25, 0.3) is 5.82 Å². The van der Waals surface area contributed by atoms with Gasteiger partial charge in [0.05, 0.1) is 7.05 Å². The summed E-state index contributed by atoms with van der Waals surface area (Å²) in [6.07, 6.45) is 12.7. The lowest BCUT2D eigenvalue weighted by Crippen LogP contribution is -2.50. The number of urea groups is 1. The van der Waals surface area contributed by atoms with Gasteiger partial charge in [-0.15, -0.1) is 12.3 Å². The third-order valence-corrected chi connectivity index (χ3v) is 5.35. The number of carbonyl (C=O) groups excluding carboxylic acids is 2. The first kappa shape index (κ1) is 20.3. The molecular weight excluding hydrogens is 368 g/mol. The van der Waals surface area contributed by atoms with E-state index in [2.05, 4.69) is 25.6 Å². The highest BCUT2D eigenvalue weighted by molar-refractivity contribution is 7.93. The summed E-state index contributed by atoms with van der Waals surface area (Å²) in [6, 6.07) is -0.374. The molecule has 0 fully saturated rings. The zero-order valence-electron chi connectivity index (χ0n) is 15.3. The minimum Gasteiger partial charge on any atom is -0.382 e. The molecule has 3 amide bonds. The molecule has 10 heteroatoms. The van der Waals surface area contributed by atoms with Gasteiger partial charge in [0.1, 0.15) is 16.3 Å². The third-order valence-electron chi connectivity index (χ3n) is 4.00. The van der Waals surface area contributed by atoms with Crippen molar-refractivity contribution < 1.29 is 13.8 Å². The Balaban J connectivity index is 2.64. The molecule has 1 aromatic heterocycles. The number of aromatic nitrogens is 2. The first-order chi connectivity index (χ1) is 12.7. The Hall–Kier alpha value is -3.03. The van der Waals surface area contributed by atoms with Gasteiger partial charge in [-0.2, -0.15) is 13.8 Å². The molecule has 0 radical (unpaired) electrons. The van der Waals surface area contributed by atoms with Crippen LogP contribution >= 0.6 is 0 Å². The van der Waals surface area contributed by atoms with Gasteiger partial charge in [-0.25, -0.2) is 14.0 Å². The maximum absolute atomic E-state index is 12.7. The van der Waals surface area contributed by atoms with Gasteiger partial charge in [-0.05, 0) is 12.5 Å². The predicted molar refractivity (Wildman–Crippen MR) is 105 cm³/mol. The van der Waals surface area contributed by atoms with E-state index in [-0.39, 0.29) is 45.9 Å². The van der Waals surface area contributed by atoms with Crippen molar-refractivity contribution in [1.29, 1.82) is 0 Å². The number of amides is 3. The lowest BCUT2D eigenvalue weighted by atomic mass is 10.1. The smallest absolute Gasteiger partial charge is 0.382 e. The summed E-state index contributed by atoms with van der Waals surface area (Å²) in [5, 5.41) is 2.46. The van der Waals surface area contributed by atoms with Gasteiger partial charge < -0.3 is 5.73 Å². The van der Waals surface area contributed by atoms with Crippen LogP contribution in [0.15, 0.2) is 33.3 Å². The quantitative estimate of drug-likeness (QED) is 0.250. The number of likely N-dealkylation sites (N-methyl/N-ethyl adjacent to an activating group) is 1. The van der Waals surface area contributed by atoms with Gasteiger partial charge in [0.15, 0.2) is 11.5 Å². The number of anilines is 2. The van der Waals surface area contributed by atoms with Crippen LogP contribution in [0.3, 0.4) is 0 Å². The molecule has 0 saturated heterocycles. The molecule has 1 aliphatic rings. The van der Waals surface area contributed by atoms with Crippen LogP contribution in [0, 0.1) is 12.3 Å². The number of fused-ring (bicyclic) bond motifs is 1. The number of hydrogen-bond donors (Lipinski definition) is 2. The van der Waals surface area contributed by atoms with E-state index >= 15 is 0 Å². The predicted octanol–water partition coefficient (Wildman–Crippen LogP) is 1.68. The van der Waals surface area contributed by atoms with Crippen LogP contribution in [0.1, 0.15) is 13.3 Å². The van der Waals surface area contributed by atoms with Crippen molar-refractivity contribution in [3.63, 3.8) is 0 Å². The summed E-state index contributed by atoms with van der Waals surface area (Å²) in [5.41, 5.74) is 7.01. The maximum Gasteiger partial charge on any atom is 0.427 e. The molecule has 2 unspecified atom stereocenters. The van der Waals surface area contributed by atoms with E-state index in [1.807, 2.05) is 25.2 Å². The van der Waals surface area contributed by atoms with E-state index < -0.39 is 9.73 Å². The summed E-state index contributed by atoms with van der Waals surface area (Å²) in [4.78, 5) is 31.6. The second-order valence-electron chi connectivity index (χ2n) is 6.11. The summed E-state index contributed by atoms with van der Waals surface area (Å²) in [6.45, 7) is 2.10. The van der Waals surface area contributed by atoms with Crippen LogP contribution in [-0.2, 0) is 14.5 Å². The lowest BCUT2D eigenvalue weighted by Gasteiger charge is -2.25. The van der Waals surface area contributed by atoms with Crippen molar-refractivity contribution >= 4 is 39.5 Å². The average Bonchev–Trinajstić information content (AvgIpc) is 2.85. The molecule has 0 bridgehead atoms. The standard InChI is InChI=1S/C17H20N6O3S/c1-5-7-9-12(8-6-2)10-23(3)15-13(20-17(23)25)14(18)21-16(22-15)27(4,26)19-11-24/h2,5,7,9,11H,8,10H2,1,3-4H3,(H2-,18,19,20,21,22,24,25,26)/p+1/b7-5-,12-9+. The number of nitrogens with zero attached hydrogens (tertiary/aromatic N) is 4. The van der Waals surface area contributed by atoms with E-state index in [1.54, 1.807) is 7.05 Å². The first-order valence-corrected chi connectivity index (χ1v) is 9.86. The zero-order chi connectivity index (χ0) is 20.2. The molecule has 1 aromatic rings. The highest BCUT2D eigenvalue weighted by Gasteiger charge is 2.47. The summed E-state index contributed by atoms with van der Waals surface area (Å²) >= 11 is 0. The second-order valence-corrected chi connectivity index (χ2v) is 8.30. The number of carbonyl (C=O) groups is 2. The Bertz CT molecular complexity index is 1010. The molecule has 142 valence electrons. The minimum atomic E-state index is -3.18. The van der Waals surface area contributed by atoms with Crippen molar-refractivity contribution in [3.05, 3.63) is 23.8 Å². The molecule has 2 atom stereocenters. The van der Waals surface area contributed by atoms with Crippen molar-refractivity contribution in [3.8, 4) is 12.3 Å². The molecule has 27 heavy (non-hydrogen) atoms. The third kappa shape index (κ3) is 3.89. The van der Waals surface area contributed by atoms with Crippen molar-refractivity contribution in [1.82, 2.24) is 14.5 Å². The molecule has 2 heterocycles. The van der Waals surface area contributed by atoms with E-state index in [9.17, 15) is 13.8 Å². The molecular formula is C17H21N6O3S+. The van der Waals surface area contributed by atoms with Crippen molar-refractivity contribution in [2.24, 2.45) is 4.36 Å². The van der Waals surface area contributed by atoms with Crippen LogP contribution in [0.2, 0.25) is 0 Å². The fourth-order valence-corrected chi connectivity index (χ4v) is 3.41. The monoisotopic (exact) mass is 389 g/mol. The van der Waals surface area contributed by atoms with Gasteiger partial charge in [-0.3, -0.25) is 10.1 Å². The highest BCUT2D eigenvalue weighted by Crippen LogP contribution is 2.40. The van der Waals surface area contributed by atoms with Crippen LogP contribution in [0.5, 0.6) is 0 Å². The Kier molecular flexibility index (Phi) is 5.78. The number of rotatable bonds is 6. The van der Waals surface area contributed by atoms with E-state index in [0.29, 0.717) is 6.42 Å². The highest BCUT2D eigenvalue weighted by atomic mass is 32.2. The Morgan fingerprint density at radius 1 is 1.48 bits per heavy atom. The number of hydrogen-bond acceptors (Lipinski definition) is 6. The Labute approximate surface area is 158 Å². The normalized spacial score (nSPS) is 21.3. The van der Waals surface area contributed by atoms with Gasteiger partial charge in [0.2, 0.25) is 11.6 Å². The number of nitrogens with one attached hydrogen (secondary N) is 1. The lowest BCUT2D eigenvalue weighted by molar-refractivity contribution is -0.106. The second kappa shape index (κ2) is 7.69. The largest absolute Gasteiger partial charge is 0.427 e. The molecule has 0 aliphatic carbocycles. The molecule has 3 N–H and O–H groups in total. The SMILES string of the molecule is C#CC/C(=C\C=C/C)C[N+]1(C)C(=O)Nc2c(N)nc(S(C)(=O)=NC=O)nc21. The summed E-state index contributed by atoms with van der Waals surface area (Å²) < 4.78 is 15.7. The molecule has 2 rings (SSSR count). The molecule has 0 spiro atoms. The fraction of sp³-hybridized carbons (Fsp3) is 0.294. The first-order valence-electron chi connectivity index (χ1n) is 7.94. The van der Waals surface area contributed by atoms with Gasteiger partial charge in [0, 0.05) is 12.7 Å². The number of terminal acetylenes is 1. The van der Waals surface area contributed by atoms with Crippen LogP contribution in [0.25, 0.3) is 0 Å². The fourth-order valence-electron chi connectivity index (χ4n) is 2.63. The number of quaternary nitrogens is 1. The number of allylic oxidation sites excluding steroid dienone is 3. The van der Waals surface area contributed by atoms with E-state index in [1.165, 1.54) is 6.26 Å². The molecule has 9 nitrogen and oxygen atoms in total. The Morgan fingerprint density at radius 2 is 2.19 bits per heavy atom. The van der Waals surface area contributed by atoms with Gasteiger partial charge in [-0.1, -0.05) is 18.2 Å². The van der Waals surface area contributed by atoms with Crippen molar-refractivity contribution in [2.75, 3.05) is 30.9 Å². The average molecular weight is 389 g/mol. The van der Waals surface area contributed by atoms with E-state index in [0.717, 1.165) is 5.57 Å². The molecule has 0 saturated carbocycles. The van der Waals surface area contributed by atoms with Gasteiger partial charge >= 0.3 is 6.03 Å². The zero-order valence-corrected chi connectivity index (χ0v) is 16.1. The van der Waals surface area contributed by atoms with E-state index in [4.69, 9.17) is 12.2 Å². The molecule has 1 aliphatic heterocycles. The van der Waals surface area contributed by atoms with Crippen molar-refractivity contribution in [2.45, 2.75) is 18.5 Å². The van der Waals surface area contributed by atoms with Crippen LogP contribution in [0.4, 0.5) is 22.1 Å². The number of nitrogen functional groups attached to an aromatic ring is 1. The number of nitrogens with two attached hydrogens (primary N) is 1. The summed E-state index contributed by atoms with van der Waals surface area (Å²) in [5.74, 6) is 2.78. The van der Waals surface area contributed by atoms with Crippen LogP contribution < -0.4 is 15.5 Å². The Morgan fingerprint density at radius 3 is 2.78 bits per heavy atom. The molecule has 0 aromatic carbocycles. The summed E-state index contributed by atoms with van der Waals surface area (Å²) in [7, 11) is -1.53. The van der Waals surface area contributed by atoms with Crippen LogP contribution in [-0.4, -0.2) is 46.5 Å².